The molecule has 96 valence electrons. The molecule has 2 N–H and O–H groups in total. The van der Waals surface area contributed by atoms with Gasteiger partial charge in [0, 0.05) is 6.54 Å². The molecule has 1 nitrogen and oxygen atoms in total. The van der Waals surface area contributed by atoms with Crippen LogP contribution in [-0.4, -0.2) is 13.0 Å². The SMILES string of the molecule is NCC(c1cc(F)ccc1C(F)(F)F)C(F)F. The van der Waals surface area contributed by atoms with Crippen LogP contribution < -0.4 is 5.73 Å². The van der Waals surface area contributed by atoms with Gasteiger partial charge < -0.3 is 5.73 Å². The molecule has 0 radical (unpaired) electrons. The Balaban J connectivity index is 3.33. The maximum Gasteiger partial charge on any atom is 0.416 e. The van der Waals surface area contributed by atoms with Crippen molar-refractivity contribution in [3.05, 3.63) is 35.1 Å². The molecule has 0 aliphatic carbocycles. The molecule has 0 bridgehead atoms. The Bertz CT molecular complexity index is 387. The summed E-state index contributed by atoms with van der Waals surface area (Å²) in [4.78, 5) is 0. The first kappa shape index (κ1) is 13.8. The minimum Gasteiger partial charge on any atom is -0.330 e. The fourth-order valence-corrected chi connectivity index (χ4v) is 1.46. The number of hydrogen-bond donors (Lipinski definition) is 1. The van der Waals surface area contributed by atoms with Crippen molar-refractivity contribution in [2.24, 2.45) is 5.73 Å². The molecule has 0 aliphatic rings. The highest BCUT2D eigenvalue weighted by Crippen LogP contribution is 2.37. The summed E-state index contributed by atoms with van der Waals surface area (Å²) in [5, 5.41) is 0. The quantitative estimate of drug-likeness (QED) is 0.827. The number of nitrogens with two attached hydrogens (primary N) is 1. The first-order chi connectivity index (χ1) is 7.77. The van der Waals surface area contributed by atoms with Crippen LogP contribution >= 0.6 is 0 Å². The average molecular weight is 257 g/mol. The van der Waals surface area contributed by atoms with Gasteiger partial charge in [0.2, 0.25) is 6.43 Å². The van der Waals surface area contributed by atoms with E-state index < -0.39 is 42.0 Å². The summed E-state index contributed by atoms with van der Waals surface area (Å²) in [6, 6.07) is 1.47. The van der Waals surface area contributed by atoms with Crippen molar-refractivity contribution in [2.45, 2.75) is 18.5 Å². The highest BCUT2D eigenvalue weighted by atomic mass is 19.4. The molecule has 0 aliphatic heterocycles. The minimum atomic E-state index is -4.81. The van der Waals surface area contributed by atoms with E-state index in [1.807, 2.05) is 0 Å². The zero-order chi connectivity index (χ0) is 13.2. The van der Waals surface area contributed by atoms with Crippen molar-refractivity contribution in [3.8, 4) is 0 Å². The average Bonchev–Trinajstić information content (AvgIpc) is 2.16. The van der Waals surface area contributed by atoms with Crippen LogP contribution in [0.5, 0.6) is 0 Å². The Morgan fingerprint density at radius 2 is 1.76 bits per heavy atom. The van der Waals surface area contributed by atoms with Gasteiger partial charge in [-0.3, -0.25) is 0 Å². The molecule has 0 fully saturated rings. The molecule has 0 saturated heterocycles. The van der Waals surface area contributed by atoms with E-state index >= 15 is 0 Å². The van der Waals surface area contributed by atoms with Crippen LogP contribution in [0.1, 0.15) is 17.0 Å². The van der Waals surface area contributed by atoms with Crippen molar-refractivity contribution < 1.29 is 26.3 Å². The number of benzene rings is 1. The fourth-order valence-electron chi connectivity index (χ4n) is 1.46. The second-order valence-corrected chi connectivity index (χ2v) is 3.41. The van der Waals surface area contributed by atoms with Gasteiger partial charge in [0.05, 0.1) is 11.5 Å². The lowest BCUT2D eigenvalue weighted by Gasteiger charge is -2.19. The Kier molecular flexibility index (Phi) is 4.03. The van der Waals surface area contributed by atoms with Crippen LogP contribution in [0.25, 0.3) is 0 Å². The van der Waals surface area contributed by atoms with Gasteiger partial charge in [0.25, 0.3) is 0 Å². The Labute approximate surface area is 93.2 Å². The Morgan fingerprint density at radius 1 is 1.18 bits per heavy atom. The van der Waals surface area contributed by atoms with E-state index in [0.717, 1.165) is 0 Å². The van der Waals surface area contributed by atoms with E-state index in [1.165, 1.54) is 0 Å². The number of hydrogen-bond acceptors (Lipinski definition) is 1. The standard InChI is InChI=1S/C10H9F6N/c11-5-1-2-8(10(14,15)16)6(3-5)7(4-17)9(12)13/h1-3,7,9H,4,17H2. The fraction of sp³-hybridized carbons (Fsp3) is 0.400. The molecule has 0 amide bonds. The second kappa shape index (κ2) is 4.95. The van der Waals surface area contributed by atoms with E-state index in [-0.39, 0.29) is 0 Å². The zero-order valence-electron chi connectivity index (χ0n) is 8.44. The summed E-state index contributed by atoms with van der Waals surface area (Å²) in [6.45, 7) is -0.690. The molecule has 17 heavy (non-hydrogen) atoms. The van der Waals surface area contributed by atoms with E-state index in [9.17, 15) is 26.3 Å². The maximum atomic E-state index is 12.8. The lowest BCUT2D eigenvalue weighted by Crippen LogP contribution is -2.23. The third-order valence-electron chi connectivity index (χ3n) is 2.28. The lowest BCUT2D eigenvalue weighted by atomic mass is 9.94. The van der Waals surface area contributed by atoms with Crippen molar-refractivity contribution >= 4 is 0 Å². The van der Waals surface area contributed by atoms with Crippen LogP contribution in [0.3, 0.4) is 0 Å². The smallest absolute Gasteiger partial charge is 0.330 e. The number of rotatable bonds is 3. The molecule has 0 heterocycles. The van der Waals surface area contributed by atoms with Gasteiger partial charge in [-0.15, -0.1) is 0 Å². The van der Waals surface area contributed by atoms with Crippen LogP contribution in [-0.2, 0) is 6.18 Å². The summed E-state index contributed by atoms with van der Waals surface area (Å²) >= 11 is 0. The van der Waals surface area contributed by atoms with Crippen molar-refractivity contribution in [1.82, 2.24) is 0 Å². The van der Waals surface area contributed by atoms with Gasteiger partial charge in [-0.25, -0.2) is 13.2 Å². The molecule has 7 heteroatoms. The largest absolute Gasteiger partial charge is 0.416 e. The summed E-state index contributed by atoms with van der Waals surface area (Å²) in [5.41, 5.74) is 2.91. The highest BCUT2D eigenvalue weighted by Gasteiger charge is 2.37. The van der Waals surface area contributed by atoms with Gasteiger partial charge in [-0.05, 0) is 23.8 Å². The molecular formula is C10H9F6N. The van der Waals surface area contributed by atoms with Gasteiger partial charge >= 0.3 is 6.18 Å². The van der Waals surface area contributed by atoms with Crippen LogP contribution in [0.4, 0.5) is 26.3 Å². The molecule has 0 saturated carbocycles. The van der Waals surface area contributed by atoms with Gasteiger partial charge in [-0.2, -0.15) is 13.2 Å². The lowest BCUT2D eigenvalue weighted by molar-refractivity contribution is -0.138. The van der Waals surface area contributed by atoms with Crippen molar-refractivity contribution in [3.63, 3.8) is 0 Å². The maximum absolute atomic E-state index is 12.8. The molecule has 1 rings (SSSR count). The van der Waals surface area contributed by atoms with Crippen LogP contribution in [0.15, 0.2) is 18.2 Å². The Morgan fingerprint density at radius 3 is 2.18 bits per heavy atom. The van der Waals surface area contributed by atoms with E-state index in [0.29, 0.717) is 18.2 Å². The predicted octanol–water partition coefficient (Wildman–Crippen LogP) is 3.15. The van der Waals surface area contributed by atoms with Crippen LogP contribution in [0, 0.1) is 5.82 Å². The molecule has 1 unspecified atom stereocenters. The zero-order valence-corrected chi connectivity index (χ0v) is 8.44. The molecule has 1 aromatic carbocycles. The first-order valence-electron chi connectivity index (χ1n) is 4.62. The van der Waals surface area contributed by atoms with Gasteiger partial charge in [-0.1, -0.05) is 0 Å². The highest BCUT2D eigenvalue weighted by molar-refractivity contribution is 5.34. The minimum absolute atomic E-state index is 0.440. The normalized spacial score (nSPS) is 14.1. The molecular weight excluding hydrogens is 248 g/mol. The summed E-state index contributed by atoms with van der Waals surface area (Å²) in [5.74, 6) is -2.84. The van der Waals surface area contributed by atoms with Gasteiger partial charge in [0.1, 0.15) is 5.82 Å². The third-order valence-corrected chi connectivity index (χ3v) is 2.28. The van der Waals surface area contributed by atoms with E-state index in [1.54, 1.807) is 0 Å². The van der Waals surface area contributed by atoms with E-state index in [2.05, 4.69) is 0 Å². The first-order valence-corrected chi connectivity index (χ1v) is 4.62. The summed E-state index contributed by atoms with van der Waals surface area (Å²) < 4.78 is 75.5. The topological polar surface area (TPSA) is 26.0 Å². The number of halogens is 6. The predicted molar refractivity (Wildman–Crippen MR) is 49.2 cm³/mol. The molecule has 0 spiro atoms. The molecule has 1 atom stereocenters. The molecule has 0 aromatic heterocycles. The summed E-state index contributed by atoms with van der Waals surface area (Å²) in [7, 11) is 0. The van der Waals surface area contributed by atoms with Gasteiger partial charge in [0.15, 0.2) is 0 Å². The summed E-state index contributed by atoms with van der Waals surface area (Å²) in [6.07, 6.45) is -7.89. The number of alkyl halides is 5. The van der Waals surface area contributed by atoms with Crippen LogP contribution in [0.2, 0.25) is 0 Å². The van der Waals surface area contributed by atoms with Crippen molar-refractivity contribution in [2.75, 3.05) is 6.54 Å². The third kappa shape index (κ3) is 3.12. The second-order valence-electron chi connectivity index (χ2n) is 3.41. The van der Waals surface area contributed by atoms with E-state index in [4.69, 9.17) is 5.73 Å². The Hall–Kier alpha value is -1.24. The monoisotopic (exact) mass is 257 g/mol. The molecule has 1 aromatic rings. The van der Waals surface area contributed by atoms with Crippen molar-refractivity contribution in [1.29, 1.82) is 0 Å².